The summed E-state index contributed by atoms with van der Waals surface area (Å²) in [5.41, 5.74) is 1.37. The van der Waals surface area contributed by atoms with Crippen molar-refractivity contribution in [3.63, 3.8) is 0 Å². The van der Waals surface area contributed by atoms with Crippen LogP contribution in [-0.4, -0.2) is 60.8 Å². The molecule has 2 aromatic rings. The predicted octanol–water partition coefficient (Wildman–Crippen LogP) is 2.27. The molecule has 1 saturated heterocycles. The van der Waals surface area contributed by atoms with Crippen LogP contribution in [0.2, 0.25) is 0 Å². The van der Waals surface area contributed by atoms with Gasteiger partial charge in [0.2, 0.25) is 5.95 Å². The van der Waals surface area contributed by atoms with Crippen molar-refractivity contribution in [3.8, 4) is 0 Å². The van der Waals surface area contributed by atoms with E-state index in [2.05, 4.69) is 55.8 Å². The maximum atomic E-state index is 5.36. The Kier molecular flexibility index (Phi) is 7.02. The van der Waals surface area contributed by atoms with Crippen molar-refractivity contribution in [1.82, 2.24) is 14.9 Å². The van der Waals surface area contributed by atoms with Crippen molar-refractivity contribution in [2.45, 2.75) is 12.8 Å². The summed E-state index contributed by atoms with van der Waals surface area (Å²) in [5.74, 6) is 1.55. The van der Waals surface area contributed by atoms with Gasteiger partial charge < -0.3 is 15.4 Å². The standard InChI is InChI=1S/C19H27N5O/c1-2-5-17(6-3-1)7-4-9-20-18-8-10-21-19(23-18)22-11-12-24-13-15-25-16-14-24/h1-3,5-6,8,10H,4,7,9,11-16H2,(H2,20,21,22,23). The molecule has 1 aliphatic rings. The lowest BCUT2D eigenvalue weighted by Crippen LogP contribution is -2.39. The van der Waals surface area contributed by atoms with Gasteiger partial charge in [0.25, 0.3) is 0 Å². The van der Waals surface area contributed by atoms with Crippen LogP contribution in [0.3, 0.4) is 0 Å². The van der Waals surface area contributed by atoms with Gasteiger partial charge in [-0.15, -0.1) is 0 Å². The number of aryl methyl sites for hydroxylation is 1. The molecular weight excluding hydrogens is 314 g/mol. The van der Waals surface area contributed by atoms with Crippen LogP contribution in [-0.2, 0) is 11.2 Å². The van der Waals surface area contributed by atoms with Gasteiger partial charge in [0.05, 0.1) is 13.2 Å². The van der Waals surface area contributed by atoms with Gasteiger partial charge in [-0.2, -0.15) is 4.98 Å². The zero-order valence-electron chi connectivity index (χ0n) is 14.7. The van der Waals surface area contributed by atoms with Crippen LogP contribution in [0, 0.1) is 0 Å². The summed E-state index contributed by atoms with van der Waals surface area (Å²) in [6.07, 6.45) is 3.95. The first-order valence-electron chi connectivity index (χ1n) is 9.05. The summed E-state index contributed by atoms with van der Waals surface area (Å²) < 4.78 is 5.36. The van der Waals surface area contributed by atoms with Crippen LogP contribution in [0.5, 0.6) is 0 Å². The zero-order chi connectivity index (χ0) is 17.2. The van der Waals surface area contributed by atoms with E-state index in [9.17, 15) is 0 Å². The molecule has 0 spiro atoms. The fourth-order valence-corrected chi connectivity index (χ4v) is 2.85. The molecule has 0 atom stereocenters. The molecular formula is C19H27N5O. The number of hydrogen-bond acceptors (Lipinski definition) is 6. The number of morpholine rings is 1. The smallest absolute Gasteiger partial charge is 0.224 e. The first-order chi connectivity index (χ1) is 12.4. The third-order valence-electron chi connectivity index (χ3n) is 4.26. The Morgan fingerprint density at radius 1 is 1.00 bits per heavy atom. The Balaban J connectivity index is 1.35. The Labute approximate surface area is 149 Å². The van der Waals surface area contributed by atoms with Crippen molar-refractivity contribution < 1.29 is 4.74 Å². The lowest BCUT2D eigenvalue weighted by Gasteiger charge is -2.26. The lowest BCUT2D eigenvalue weighted by molar-refractivity contribution is 0.0398. The van der Waals surface area contributed by atoms with E-state index < -0.39 is 0 Å². The highest BCUT2D eigenvalue weighted by atomic mass is 16.5. The average molecular weight is 341 g/mol. The highest BCUT2D eigenvalue weighted by Gasteiger charge is 2.09. The van der Waals surface area contributed by atoms with E-state index in [-0.39, 0.29) is 0 Å². The maximum absolute atomic E-state index is 5.36. The van der Waals surface area contributed by atoms with Gasteiger partial charge in [0, 0.05) is 38.9 Å². The molecule has 25 heavy (non-hydrogen) atoms. The molecule has 2 heterocycles. The molecule has 134 valence electrons. The first-order valence-corrected chi connectivity index (χ1v) is 9.05. The van der Waals surface area contributed by atoms with Gasteiger partial charge in [-0.25, -0.2) is 4.98 Å². The normalized spacial score (nSPS) is 15.0. The minimum Gasteiger partial charge on any atom is -0.379 e. The van der Waals surface area contributed by atoms with E-state index in [1.54, 1.807) is 6.20 Å². The lowest BCUT2D eigenvalue weighted by atomic mass is 10.1. The van der Waals surface area contributed by atoms with Gasteiger partial charge in [0.1, 0.15) is 5.82 Å². The van der Waals surface area contributed by atoms with Crippen molar-refractivity contribution in [1.29, 1.82) is 0 Å². The van der Waals surface area contributed by atoms with Crippen LogP contribution in [0.1, 0.15) is 12.0 Å². The second kappa shape index (κ2) is 9.96. The van der Waals surface area contributed by atoms with E-state index in [4.69, 9.17) is 4.74 Å². The number of nitrogens with one attached hydrogen (secondary N) is 2. The zero-order valence-corrected chi connectivity index (χ0v) is 14.7. The molecule has 0 amide bonds. The van der Waals surface area contributed by atoms with Crippen LogP contribution < -0.4 is 10.6 Å². The molecule has 1 aliphatic heterocycles. The third-order valence-corrected chi connectivity index (χ3v) is 4.26. The molecule has 0 unspecified atom stereocenters. The minimum absolute atomic E-state index is 0.682. The molecule has 0 radical (unpaired) electrons. The number of ether oxygens (including phenoxy) is 1. The third kappa shape index (κ3) is 6.32. The fourth-order valence-electron chi connectivity index (χ4n) is 2.85. The summed E-state index contributed by atoms with van der Waals surface area (Å²) in [6.45, 7) is 6.41. The number of rotatable bonds is 9. The molecule has 1 aromatic carbocycles. The predicted molar refractivity (Wildman–Crippen MR) is 101 cm³/mol. The van der Waals surface area contributed by atoms with Crippen molar-refractivity contribution in [2.24, 2.45) is 0 Å². The molecule has 2 N–H and O–H groups in total. The summed E-state index contributed by atoms with van der Waals surface area (Å²) >= 11 is 0. The van der Waals surface area contributed by atoms with Crippen LogP contribution in [0.4, 0.5) is 11.8 Å². The molecule has 0 aliphatic carbocycles. The minimum atomic E-state index is 0.682. The van der Waals surface area contributed by atoms with Gasteiger partial charge in [0.15, 0.2) is 0 Å². The molecule has 0 bridgehead atoms. The van der Waals surface area contributed by atoms with Gasteiger partial charge >= 0.3 is 0 Å². The highest BCUT2D eigenvalue weighted by Crippen LogP contribution is 2.07. The Hall–Kier alpha value is -2.18. The second-order valence-electron chi connectivity index (χ2n) is 6.16. The van der Waals surface area contributed by atoms with E-state index in [1.807, 2.05) is 6.07 Å². The average Bonchev–Trinajstić information content (AvgIpc) is 2.67. The van der Waals surface area contributed by atoms with E-state index in [0.29, 0.717) is 5.95 Å². The molecule has 3 rings (SSSR count). The highest BCUT2D eigenvalue weighted by molar-refractivity contribution is 5.39. The van der Waals surface area contributed by atoms with Crippen molar-refractivity contribution >= 4 is 11.8 Å². The van der Waals surface area contributed by atoms with Crippen LogP contribution in [0.15, 0.2) is 42.6 Å². The second-order valence-corrected chi connectivity index (χ2v) is 6.16. The summed E-state index contributed by atoms with van der Waals surface area (Å²) in [4.78, 5) is 11.2. The first kappa shape index (κ1) is 17.6. The number of hydrogen-bond donors (Lipinski definition) is 2. The number of nitrogens with zero attached hydrogens (tertiary/aromatic N) is 3. The topological polar surface area (TPSA) is 62.3 Å². The van der Waals surface area contributed by atoms with Gasteiger partial charge in [-0.3, -0.25) is 4.90 Å². The Morgan fingerprint density at radius 3 is 2.68 bits per heavy atom. The van der Waals surface area contributed by atoms with Gasteiger partial charge in [-0.05, 0) is 24.5 Å². The molecule has 6 heteroatoms. The van der Waals surface area contributed by atoms with Crippen LogP contribution in [0.25, 0.3) is 0 Å². The van der Waals surface area contributed by atoms with E-state index in [1.165, 1.54) is 5.56 Å². The maximum Gasteiger partial charge on any atom is 0.224 e. The summed E-state index contributed by atoms with van der Waals surface area (Å²) in [7, 11) is 0. The summed E-state index contributed by atoms with van der Waals surface area (Å²) in [6, 6.07) is 12.5. The Bertz CT molecular complexity index is 616. The molecule has 0 saturated carbocycles. The van der Waals surface area contributed by atoms with E-state index >= 15 is 0 Å². The van der Waals surface area contributed by atoms with E-state index in [0.717, 1.165) is 64.6 Å². The Morgan fingerprint density at radius 2 is 1.84 bits per heavy atom. The quantitative estimate of drug-likeness (QED) is 0.682. The molecule has 6 nitrogen and oxygen atoms in total. The fraction of sp³-hybridized carbons (Fsp3) is 0.474. The number of benzene rings is 1. The number of aromatic nitrogens is 2. The van der Waals surface area contributed by atoms with Crippen molar-refractivity contribution in [2.75, 3.05) is 56.6 Å². The van der Waals surface area contributed by atoms with Crippen molar-refractivity contribution in [3.05, 3.63) is 48.2 Å². The molecule has 1 aromatic heterocycles. The SMILES string of the molecule is c1ccc(CCCNc2ccnc(NCCN3CCOCC3)n2)cc1. The number of anilines is 2. The summed E-state index contributed by atoms with van der Waals surface area (Å²) in [5, 5.41) is 6.68. The monoisotopic (exact) mass is 341 g/mol. The molecule has 1 fully saturated rings. The van der Waals surface area contributed by atoms with Gasteiger partial charge in [-0.1, -0.05) is 30.3 Å². The largest absolute Gasteiger partial charge is 0.379 e. The van der Waals surface area contributed by atoms with Crippen LogP contribution >= 0.6 is 0 Å².